The van der Waals surface area contributed by atoms with Crippen LogP contribution in [0.15, 0.2) is 42.7 Å². The van der Waals surface area contributed by atoms with Crippen molar-refractivity contribution in [1.29, 1.82) is 0 Å². The first kappa shape index (κ1) is 15.2. The van der Waals surface area contributed by atoms with Crippen LogP contribution in [0.1, 0.15) is 29.3 Å². The quantitative estimate of drug-likeness (QED) is 0.700. The molecule has 24 heavy (non-hydrogen) atoms. The van der Waals surface area contributed by atoms with E-state index >= 15 is 0 Å². The van der Waals surface area contributed by atoms with Gasteiger partial charge in [-0.2, -0.15) is 0 Å². The molecule has 3 nitrogen and oxygen atoms in total. The molecule has 0 N–H and O–H groups in total. The molecule has 0 spiro atoms. The highest BCUT2D eigenvalue weighted by molar-refractivity contribution is 5.90. The van der Waals surface area contributed by atoms with E-state index in [9.17, 15) is 0 Å². The van der Waals surface area contributed by atoms with Crippen LogP contribution in [0.2, 0.25) is 0 Å². The smallest absolute Gasteiger partial charge is 0.0529 e. The minimum atomic E-state index is 1.000. The van der Waals surface area contributed by atoms with E-state index in [2.05, 4.69) is 65.8 Å². The van der Waals surface area contributed by atoms with Crippen LogP contribution < -0.4 is 0 Å². The third-order valence-corrected chi connectivity index (χ3v) is 4.98. The van der Waals surface area contributed by atoms with E-state index < -0.39 is 0 Å². The van der Waals surface area contributed by atoms with Crippen molar-refractivity contribution in [3.8, 4) is 0 Å². The number of benzene rings is 1. The van der Waals surface area contributed by atoms with Gasteiger partial charge in [-0.15, -0.1) is 0 Å². The zero-order chi connectivity index (χ0) is 16.7. The Balaban J connectivity index is 1.93. The summed E-state index contributed by atoms with van der Waals surface area (Å²) in [7, 11) is 2.20. The van der Waals surface area contributed by atoms with E-state index in [4.69, 9.17) is 0 Å². The largest absolute Gasteiger partial charge is 0.318 e. The lowest BCUT2D eigenvalue weighted by Gasteiger charge is -2.24. The number of pyridine rings is 1. The third kappa shape index (κ3) is 2.55. The Morgan fingerprint density at radius 1 is 1.25 bits per heavy atom. The number of hydrogen-bond donors (Lipinski definition) is 0. The topological polar surface area (TPSA) is 21.1 Å². The summed E-state index contributed by atoms with van der Waals surface area (Å²) in [5, 5.41) is 1.41. The highest BCUT2D eigenvalue weighted by Gasteiger charge is 2.21. The molecule has 0 amide bonds. The van der Waals surface area contributed by atoms with Crippen molar-refractivity contribution in [3.63, 3.8) is 0 Å². The van der Waals surface area contributed by atoms with Crippen LogP contribution in [0, 0.1) is 6.92 Å². The fourth-order valence-corrected chi connectivity index (χ4v) is 3.65. The molecule has 0 unspecified atom stereocenters. The lowest BCUT2D eigenvalue weighted by molar-refractivity contribution is 0.308. The van der Waals surface area contributed by atoms with Crippen LogP contribution in [-0.4, -0.2) is 28.0 Å². The molecule has 1 aliphatic heterocycles. The third-order valence-electron chi connectivity index (χ3n) is 4.98. The molecule has 122 valence electrons. The molecule has 2 aromatic heterocycles. The van der Waals surface area contributed by atoms with Crippen molar-refractivity contribution in [3.05, 3.63) is 65.1 Å². The normalized spacial score (nSPS) is 15.7. The minimum Gasteiger partial charge on any atom is -0.318 e. The Bertz CT molecular complexity index is 919. The number of aromatic nitrogens is 2. The lowest BCUT2D eigenvalue weighted by Crippen LogP contribution is -2.27. The van der Waals surface area contributed by atoms with Gasteiger partial charge in [0.1, 0.15) is 0 Å². The van der Waals surface area contributed by atoms with Crippen molar-refractivity contribution in [2.75, 3.05) is 13.6 Å². The van der Waals surface area contributed by atoms with E-state index in [1.165, 1.54) is 38.9 Å². The molecular weight excluding hydrogens is 294 g/mol. The number of allylic oxidation sites excluding steroid dienone is 1. The first-order chi connectivity index (χ1) is 11.6. The highest BCUT2D eigenvalue weighted by Crippen LogP contribution is 2.32. The van der Waals surface area contributed by atoms with Gasteiger partial charge in [-0.25, -0.2) is 0 Å². The van der Waals surface area contributed by atoms with Gasteiger partial charge >= 0.3 is 0 Å². The van der Waals surface area contributed by atoms with Crippen LogP contribution in [0.4, 0.5) is 0 Å². The molecule has 3 aromatic rings. The summed E-state index contributed by atoms with van der Waals surface area (Å²) < 4.78 is 2.39. The molecule has 0 atom stereocenters. The fraction of sp³-hybridized carbons (Fsp3) is 0.286. The zero-order valence-corrected chi connectivity index (χ0v) is 14.6. The maximum Gasteiger partial charge on any atom is 0.0529 e. The fourth-order valence-electron chi connectivity index (χ4n) is 3.65. The average molecular weight is 317 g/mol. The van der Waals surface area contributed by atoms with Gasteiger partial charge in [0, 0.05) is 42.8 Å². The Kier molecular flexibility index (Phi) is 3.73. The van der Waals surface area contributed by atoms with Crippen molar-refractivity contribution in [2.24, 2.45) is 0 Å². The summed E-state index contributed by atoms with van der Waals surface area (Å²) in [4.78, 5) is 6.65. The molecule has 0 bridgehead atoms. The molecule has 1 aliphatic rings. The van der Waals surface area contributed by atoms with Gasteiger partial charge in [0.25, 0.3) is 0 Å². The van der Waals surface area contributed by atoms with Crippen LogP contribution >= 0.6 is 0 Å². The van der Waals surface area contributed by atoms with Crippen molar-refractivity contribution >= 4 is 22.7 Å². The van der Waals surface area contributed by atoms with Gasteiger partial charge in [0.15, 0.2) is 0 Å². The molecule has 0 aliphatic carbocycles. The summed E-state index contributed by atoms with van der Waals surface area (Å²) in [5.74, 6) is 0. The first-order valence-corrected chi connectivity index (χ1v) is 8.53. The highest BCUT2D eigenvalue weighted by atomic mass is 15.1. The monoisotopic (exact) mass is 317 g/mol. The predicted molar refractivity (Wildman–Crippen MR) is 101 cm³/mol. The number of nitrogens with zero attached hydrogens (tertiary/aromatic N) is 3. The molecule has 0 fully saturated rings. The summed E-state index contributed by atoms with van der Waals surface area (Å²) in [5.41, 5.74) is 7.98. The maximum absolute atomic E-state index is 4.25. The first-order valence-electron chi connectivity index (χ1n) is 8.53. The van der Waals surface area contributed by atoms with Crippen LogP contribution in [0.3, 0.4) is 0 Å². The Morgan fingerprint density at radius 3 is 2.92 bits per heavy atom. The second-order valence-corrected chi connectivity index (χ2v) is 6.86. The molecule has 0 saturated carbocycles. The lowest BCUT2D eigenvalue weighted by atomic mass is 10.0. The maximum atomic E-state index is 4.25. The number of likely N-dealkylation sites (N-methyl/N-ethyl adjacent to an activating group) is 1. The predicted octanol–water partition coefficient (Wildman–Crippen LogP) is 4.35. The van der Waals surface area contributed by atoms with E-state index in [-0.39, 0.29) is 0 Å². The summed E-state index contributed by atoms with van der Waals surface area (Å²) in [6.45, 7) is 6.47. The molecule has 0 saturated heterocycles. The summed E-state index contributed by atoms with van der Waals surface area (Å²) >= 11 is 0. The van der Waals surface area contributed by atoms with Gasteiger partial charge in [-0.1, -0.05) is 17.7 Å². The number of hydrogen-bond acceptors (Lipinski definition) is 2. The number of rotatable bonds is 2. The van der Waals surface area contributed by atoms with E-state index in [0.29, 0.717) is 0 Å². The van der Waals surface area contributed by atoms with Crippen LogP contribution in [0.5, 0.6) is 0 Å². The van der Waals surface area contributed by atoms with Crippen LogP contribution in [-0.2, 0) is 13.0 Å². The standard InChI is InChI=1S/C21H23N3/c1-15-6-7-20-19(11-15)18-8-10-23(3)14-21(18)24(20)13-16(2)17-5-4-9-22-12-17/h4-7,9,11-13H,8,10,14H2,1-3H3. The SMILES string of the molecule is CC(=Cn1c2c(c3cc(C)ccc31)CCN(C)C2)c1cccnc1. The Morgan fingerprint density at radius 2 is 2.12 bits per heavy atom. The van der Waals surface area contributed by atoms with Crippen LogP contribution in [0.25, 0.3) is 22.7 Å². The number of aryl methyl sites for hydroxylation is 1. The second kappa shape index (κ2) is 5.91. The van der Waals surface area contributed by atoms with Crippen molar-refractivity contribution in [2.45, 2.75) is 26.8 Å². The van der Waals surface area contributed by atoms with Gasteiger partial charge in [-0.05, 0) is 62.2 Å². The molecule has 0 radical (unpaired) electrons. The minimum absolute atomic E-state index is 1.000. The molecular formula is C21H23N3. The van der Waals surface area contributed by atoms with E-state index in [1.807, 2.05) is 18.5 Å². The molecule has 3 heteroatoms. The summed E-state index contributed by atoms with van der Waals surface area (Å²) in [6.07, 6.45) is 7.15. The second-order valence-electron chi connectivity index (χ2n) is 6.86. The van der Waals surface area contributed by atoms with Gasteiger partial charge < -0.3 is 9.47 Å². The molecule has 4 rings (SSSR count). The molecule has 3 heterocycles. The Labute approximate surface area is 143 Å². The van der Waals surface area contributed by atoms with Gasteiger partial charge in [0.05, 0.1) is 5.52 Å². The van der Waals surface area contributed by atoms with Crippen molar-refractivity contribution in [1.82, 2.24) is 14.5 Å². The van der Waals surface area contributed by atoms with Gasteiger partial charge in [0.2, 0.25) is 0 Å². The zero-order valence-electron chi connectivity index (χ0n) is 14.6. The van der Waals surface area contributed by atoms with Gasteiger partial charge in [-0.3, -0.25) is 4.98 Å². The summed E-state index contributed by atoms with van der Waals surface area (Å²) in [6, 6.07) is 10.9. The number of fused-ring (bicyclic) bond motifs is 3. The van der Waals surface area contributed by atoms with E-state index in [0.717, 1.165) is 19.5 Å². The van der Waals surface area contributed by atoms with E-state index in [1.54, 1.807) is 0 Å². The Hall–Kier alpha value is -2.39. The van der Waals surface area contributed by atoms with Crippen molar-refractivity contribution < 1.29 is 0 Å². The average Bonchev–Trinajstić information content (AvgIpc) is 2.88. The molecule has 1 aromatic carbocycles.